The molecule has 0 saturated carbocycles. The molecule has 0 saturated heterocycles. The normalized spacial score (nSPS) is 10.9. The van der Waals surface area contributed by atoms with Crippen LogP contribution in [0.3, 0.4) is 0 Å². The van der Waals surface area contributed by atoms with E-state index in [9.17, 15) is 5.21 Å². The summed E-state index contributed by atoms with van der Waals surface area (Å²) in [6.07, 6.45) is 2.36. The molecule has 0 atom stereocenters. The number of rotatable bonds is 1. The van der Waals surface area contributed by atoms with Gasteiger partial charge < -0.3 is 5.21 Å². The van der Waals surface area contributed by atoms with Gasteiger partial charge in [0.2, 0.25) is 0 Å². The minimum atomic E-state index is 0.539. The summed E-state index contributed by atoms with van der Waals surface area (Å²) < 4.78 is 1.01. The van der Waals surface area contributed by atoms with E-state index in [1.54, 1.807) is 6.20 Å². The third-order valence-electron chi connectivity index (χ3n) is 2.06. The molecular weight excluding hydrogens is 166 g/mol. The van der Waals surface area contributed by atoms with Crippen LogP contribution in [0, 0.1) is 6.92 Å². The van der Waals surface area contributed by atoms with E-state index in [1.165, 1.54) is 0 Å². The van der Waals surface area contributed by atoms with Crippen molar-refractivity contribution in [3.63, 3.8) is 0 Å². The quantitative estimate of drug-likeness (QED) is 0.671. The van der Waals surface area contributed by atoms with Gasteiger partial charge in [-0.05, 0) is 18.6 Å². The molecule has 0 bridgehead atoms. The van der Waals surface area contributed by atoms with Gasteiger partial charge >= 0.3 is 0 Å². The van der Waals surface area contributed by atoms with E-state index < -0.39 is 0 Å². The largest absolute Gasteiger partial charge is 0.427 e. The van der Waals surface area contributed by atoms with Crippen molar-refractivity contribution in [3.8, 4) is 11.5 Å². The first-order valence-corrected chi connectivity index (χ1v) is 4.26. The van der Waals surface area contributed by atoms with Gasteiger partial charge in [-0.2, -0.15) is 4.73 Å². The highest BCUT2D eigenvalue weighted by Crippen LogP contribution is 2.21. The number of aryl methyl sites for hydroxylation is 2. The Labute approximate surface area is 76.2 Å². The van der Waals surface area contributed by atoms with E-state index in [4.69, 9.17) is 0 Å². The number of imidazole rings is 1. The summed E-state index contributed by atoms with van der Waals surface area (Å²) in [5, 5.41) is 9.42. The van der Waals surface area contributed by atoms with E-state index in [2.05, 4.69) is 9.97 Å². The molecule has 4 nitrogen and oxygen atoms in total. The lowest BCUT2D eigenvalue weighted by Gasteiger charge is -2.03. The third kappa shape index (κ3) is 1.14. The summed E-state index contributed by atoms with van der Waals surface area (Å²) in [6, 6.07) is 1.82. The minimum Gasteiger partial charge on any atom is -0.427 e. The summed E-state index contributed by atoms with van der Waals surface area (Å²) >= 11 is 0. The maximum absolute atomic E-state index is 9.42. The van der Waals surface area contributed by atoms with Crippen LogP contribution in [0.2, 0.25) is 0 Å². The molecule has 2 aliphatic rings. The molecule has 0 aliphatic carbocycles. The molecule has 0 aromatic rings. The van der Waals surface area contributed by atoms with Gasteiger partial charge in [0.1, 0.15) is 11.5 Å². The standard InChI is InChI=1S/C9H11N3O/c1-3-7-10-8-6(2)4-5-12(13)9(8)11-7/h4-5,13H,3H2,1-2H3. The van der Waals surface area contributed by atoms with Crippen molar-refractivity contribution in [2.24, 2.45) is 0 Å². The summed E-state index contributed by atoms with van der Waals surface area (Å²) in [7, 11) is 0. The van der Waals surface area contributed by atoms with Crippen LogP contribution in [0.1, 0.15) is 18.3 Å². The lowest BCUT2D eigenvalue weighted by Crippen LogP contribution is -1.99. The lowest BCUT2D eigenvalue weighted by atomic mass is 10.2. The number of fused-ring (bicyclic) bond motifs is 1. The Morgan fingerprint density at radius 2 is 2.23 bits per heavy atom. The van der Waals surface area contributed by atoms with E-state index >= 15 is 0 Å². The van der Waals surface area contributed by atoms with E-state index in [0.717, 1.165) is 28.2 Å². The Balaban J connectivity index is 2.71. The Morgan fingerprint density at radius 1 is 1.46 bits per heavy atom. The molecule has 4 heteroatoms. The molecule has 0 radical (unpaired) electrons. The molecule has 68 valence electrons. The second-order valence-electron chi connectivity index (χ2n) is 3.01. The average Bonchev–Trinajstić information content (AvgIpc) is 2.56. The fourth-order valence-electron chi connectivity index (χ4n) is 1.29. The minimum absolute atomic E-state index is 0.539. The molecule has 0 aromatic heterocycles. The SMILES string of the molecule is CCc1nc2c(C)ccn(O)c-2n1. The van der Waals surface area contributed by atoms with Crippen molar-refractivity contribution in [2.45, 2.75) is 20.3 Å². The van der Waals surface area contributed by atoms with Gasteiger partial charge in [-0.1, -0.05) is 6.92 Å². The lowest BCUT2D eigenvalue weighted by molar-refractivity contribution is 0.186. The molecular formula is C9H11N3O. The monoisotopic (exact) mass is 177 g/mol. The van der Waals surface area contributed by atoms with Gasteiger partial charge in [0, 0.05) is 12.6 Å². The molecule has 2 heterocycles. The Bertz CT molecular complexity index is 372. The smallest absolute Gasteiger partial charge is 0.195 e. The summed E-state index contributed by atoms with van der Waals surface area (Å²) in [4.78, 5) is 8.49. The molecule has 0 fully saturated rings. The van der Waals surface area contributed by atoms with E-state index in [1.807, 2.05) is 19.9 Å². The van der Waals surface area contributed by atoms with Crippen LogP contribution in [0.5, 0.6) is 0 Å². The maximum atomic E-state index is 9.42. The van der Waals surface area contributed by atoms with Gasteiger partial charge in [-0.15, -0.1) is 0 Å². The highest BCUT2D eigenvalue weighted by atomic mass is 16.5. The Morgan fingerprint density at radius 3 is 2.85 bits per heavy atom. The molecule has 2 aliphatic heterocycles. The Kier molecular flexibility index (Phi) is 1.69. The van der Waals surface area contributed by atoms with Crippen LogP contribution in [-0.4, -0.2) is 19.9 Å². The number of hydrogen-bond donors (Lipinski definition) is 1. The molecule has 0 unspecified atom stereocenters. The zero-order chi connectivity index (χ0) is 9.42. The van der Waals surface area contributed by atoms with Crippen molar-refractivity contribution in [2.75, 3.05) is 0 Å². The molecule has 0 amide bonds. The number of pyridine rings is 1. The summed E-state index contributed by atoms with van der Waals surface area (Å²) in [5.74, 6) is 1.31. The maximum Gasteiger partial charge on any atom is 0.195 e. The van der Waals surface area contributed by atoms with Crippen molar-refractivity contribution in [3.05, 3.63) is 23.7 Å². The summed E-state index contributed by atoms with van der Waals surface area (Å²) in [6.45, 7) is 3.95. The highest BCUT2D eigenvalue weighted by Gasteiger charge is 2.15. The highest BCUT2D eigenvalue weighted by molar-refractivity contribution is 5.56. The average molecular weight is 177 g/mol. The number of aromatic nitrogens is 3. The predicted octanol–water partition coefficient (Wildman–Crippen LogP) is 1.49. The van der Waals surface area contributed by atoms with Gasteiger partial charge in [-0.25, -0.2) is 9.97 Å². The van der Waals surface area contributed by atoms with Gasteiger partial charge in [0.05, 0.1) is 0 Å². The second kappa shape index (κ2) is 2.73. The van der Waals surface area contributed by atoms with Gasteiger partial charge in [-0.3, -0.25) is 0 Å². The fourth-order valence-corrected chi connectivity index (χ4v) is 1.29. The zero-order valence-corrected chi connectivity index (χ0v) is 7.65. The fraction of sp³-hybridized carbons (Fsp3) is 0.333. The van der Waals surface area contributed by atoms with Crippen LogP contribution in [0.25, 0.3) is 11.5 Å². The van der Waals surface area contributed by atoms with Crippen molar-refractivity contribution in [1.29, 1.82) is 0 Å². The Hall–Kier alpha value is -1.58. The summed E-state index contributed by atoms with van der Waals surface area (Å²) in [5.41, 5.74) is 1.81. The van der Waals surface area contributed by atoms with Crippen LogP contribution in [0.15, 0.2) is 12.3 Å². The number of hydrogen-bond acceptors (Lipinski definition) is 3. The predicted molar refractivity (Wildman–Crippen MR) is 47.9 cm³/mol. The number of nitrogens with zero attached hydrogens (tertiary/aromatic N) is 3. The second-order valence-corrected chi connectivity index (χ2v) is 3.01. The van der Waals surface area contributed by atoms with Crippen molar-refractivity contribution < 1.29 is 5.21 Å². The first kappa shape index (κ1) is 8.04. The molecule has 0 aromatic carbocycles. The van der Waals surface area contributed by atoms with Crippen LogP contribution < -0.4 is 0 Å². The van der Waals surface area contributed by atoms with Gasteiger partial charge in [0.25, 0.3) is 0 Å². The first-order chi connectivity index (χ1) is 6.22. The van der Waals surface area contributed by atoms with E-state index in [0.29, 0.717) is 5.82 Å². The molecule has 1 N–H and O–H groups in total. The van der Waals surface area contributed by atoms with Crippen LogP contribution in [0.4, 0.5) is 0 Å². The van der Waals surface area contributed by atoms with Gasteiger partial charge in [0.15, 0.2) is 5.82 Å². The zero-order valence-electron chi connectivity index (χ0n) is 7.65. The molecule has 13 heavy (non-hydrogen) atoms. The van der Waals surface area contributed by atoms with Crippen LogP contribution >= 0.6 is 0 Å². The first-order valence-electron chi connectivity index (χ1n) is 4.26. The van der Waals surface area contributed by atoms with Crippen molar-refractivity contribution >= 4 is 0 Å². The van der Waals surface area contributed by atoms with Crippen molar-refractivity contribution in [1.82, 2.24) is 14.7 Å². The topological polar surface area (TPSA) is 50.9 Å². The van der Waals surface area contributed by atoms with Crippen LogP contribution in [-0.2, 0) is 6.42 Å². The third-order valence-corrected chi connectivity index (χ3v) is 2.06. The van der Waals surface area contributed by atoms with E-state index in [-0.39, 0.29) is 0 Å². The molecule has 0 spiro atoms. The molecule has 2 rings (SSSR count).